The SMILES string of the molecule is Oc1ccc(C(F)(F)F)cc1CCN1CCNCC1. The first-order valence-corrected chi connectivity index (χ1v) is 6.29. The molecule has 1 aromatic carbocycles. The molecule has 1 heterocycles. The molecule has 1 fully saturated rings. The highest BCUT2D eigenvalue weighted by Crippen LogP contribution is 2.32. The molecule has 2 N–H and O–H groups in total. The average molecular weight is 274 g/mol. The third-order valence-electron chi connectivity index (χ3n) is 3.31. The predicted molar refractivity (Wildman–Crippen MR) is 66.1 cm³/mol. The summed E-state index contributed by atoms with van der Waals surface area (Å²) < 4.78 is 37.8. The van der Waals surface area contributed by atoms with Gasteiger partial charge in [0.05, 0.1) is 5.56 Å². The quantitative estimate of drug-likeness (QED) is 0.883. The fourth-order valence-corrected chi connectivity index (χ4v) is 2.18. The first-order chi connectivity index (χ1) is 8.97. The molecule has 0 radical (unpaired) electrons. The van der Waals surface area contributed by atoms with Crippen molar-refractivity contribution in [3.63, 3.8) is 0 Å². The molecule has 1 aromatic rings. The Hall–Kier alpha value is -1.27. The van der Waals surface area contributed by atoms with Crippen LogP contribution < -0.4 is 5.32 Å². The Bertz CT molecular complexity index is 428. The summed E-state index contributed by atoms with van der Waals surface area (Å²) in [5, 5.41) is 12.8. The summed E-state index contributed by atoms with van der Waals surface area (Å²) in [6, 6.07) is 3.07. The fraction of sp³-hybridized carbons (Fsp3) is 0.538. The molecule has 1 saturated heterocycles. The Morgan fingerprint density at radius 1 is 1.21 bits per heavy atom. The second-order valence-electron chi connectivity index (χ2n) is 4.68. The van der Waals surface area contributed by atoms with Crippen molar-refractivity contribution >= 4 is 0 Å². The van der Waals surface area contributed by atoms with E-state index >= 15 is 0 Å². The fourth-order valence-electron chi connectivity index (χ4n) is 2.18. The highest BCUT2D eigenvalue weighted by molar-refractivity contribution is 5.37. The predicted octanol–water partition coefficient (Wildman–Crippen LogP) is 1.86. The monoisotopic (exact) mass is 274 g/mol. The molecule has 0 amide bonds. The number of phenolic OH excluding ortho intramolecular Hbond substituents is 1. The van der Waals surface area contributed by atoms with E-state index in [0.717, 1.165) is 44.4 Å². The molecule has 0 aromatic heterocycles. The van der Waals surface area contributed by atoms with Crippen molar-refractivity contribution in [2.24, 2.45) is 0 Å². The highest BCUT2D eigenvalue weighted by Gasteiger charge is 2.31. The second-order valence-corrected chi connectivity index (χ2v) is 4.68. The number of aromatic hydroxyl groups is 1. The van der Waals surface area contributed by atoms with Gasteiger partial charge in [0.25, 0.3) is 0 Å². The van der Waals surface area contributed by atoms with Crippen LogP contribution in [0.25, 0.3) is 0 Å². The van der Waals surface area contributed by atoms with Crippen LogP contribution in [0.2, 0.25) is 0 Å². The number of rotatable bonds is 3. The van der Waals surface area contributed by atoms with Gasteiger partial charge in [0.2, 0.25) is 0 Å². The maximum atomic E-state index is 12.6. The zero-order valence-electron chi connectivity index (χ0n) is 10.5. The molecular weight excluding hydrogens is 257 g/mol. The molecule has 6 heteroatoms. The third kappa shape index (κ3) is 3.84. The first kappa shape index (κ1) is 14.1. The molecule has 1 aliphatic rings. The van der Waals surface area contributed by atoms with Crippen LogP contribution in [0.3, 0.4) is 0 Å². The molecule has 0 aliphatic carbocycles. The van der Waals surface area contributed by atoms with Gasteiger partial charge in [0, 0.05) is 32.7 Å². The molecular formula is C13H17F3N2O. The maximum absolute atomic E-state index is 12.6. The van der Waals surface area contributed by atoms with E-state index in [4.69, 9.17) is 0 Å². The van der Waals surface area contributed by atoms with Crippen LogP contribution in [-0.4, -0.2) is 42.7 Å². The molecule has 0 atom stereocenters. The Morgan fingerprint density at radius 2 is 1.89 bits per heavy atom. The van der Waals surface area contributed by atoms with E-state index in [1.807, 2.05) is 0 Å². The number of benzene rings is 1. The number of alkyl halides is 3. The summed E-state index contributed by atoms with van der Waals surface area (Å²) in [6.07, 6.45) is -3.94. The van der Waals surface area contributed by atoms with Crippen molar-refractivity contribution < 1.29 is 18.3 Å². The van der Waals surface area contributed by atoms with Gasteiger partial charge in [0.1, 0.15) is 5.75 Å². The van der Waals surface area contributed by atoms with Crippen molar-refractivity contribution in [1.82, 2.24) is 10.2 Å². The number of nitrogens with zero attached hydrogens (tertiary/aromatic N) is 1. The zero-order valence-corrected chi connectivity index (χ0v) is 10.5. The van der Waals surface area contributed by atoms with Crippen LogP contribution in [-0.2, 0) is 12.6 Å². The van der Waals surface area contributed by atoms with E-state index in [1.54, 1.807) is 0 Å². The van der Waals surface area contributed by atoms with Gasteiger partial charge in [0.15, 0.2) is 0 Å². The van der Waals surface area contributed by atoms with Crippen molar-refractivity contribution in [3.8, 4) is 5.75 Å². The smallest absolute Gasteiger partial charge is 0.416 e. The number of nitrogens with one attached hydrogen (secondary N) is 1. The molecule has 19 heavy (non-hydrogen) atoms. The Balaban J connectivity index is 2.02. The molecule has 2 rings (SSSR count). The zero-order chi connectivity index (χ0) is 13.9. The second kappa shape index (κ2) is 5.79. The van der Waals surface area contributed by atoms with E-state index < -0.39 is 11.7 Å². The van der Waals surface area contributed by atoms with Crippen molar-refractivity contribution in [2.45, 2.75) is 12.6 Å². The van der Waals surface area contributed by atoms with Gasteiger partial charge in [-0.25, -0.2) is 0 Å². The van der Waals surface area contributed by atoms with Gasteiger partial charge in [-0.05, 0) is 30.2 Å². The average Bonchev–Trinajstić information content (AvgIpc) is 2.37. The van der Waals surface area contributed by atoms with Gasteiger partial charge in [-0.2, -0.15) is 13.2 Å². The third-order valence-corrected chi connectivity index (χ3v) is 3.31. The largest absolute Gasteiger partial charge is 0.508 e. The van der Waals surface area contributed by atoms with E-state index in [1.165, 1.54) is 0 Å². The maximum Gasteiger partial charge on any atom is 0.416 e. The molecule has 0 unspecified atom stereocenters. The van der Waals surface area contributed by atoms with Gasteiger partial charge >= 0.3 is 6.18 Å². The lowest BCUT2D eigenvalue weighted by Crippen LogP contribution is -2.44. The first-order valence-electron chi connectivity index (χ1n) is 6.29. The summed E-state index contributed by atoms with van der Waals surface area (Å²) >= 11 is 0. The van der Waals surface area contributed by atoms with Gasteiger partial charge in [-0.15, -0.1) is 0 Å². The highest BCUT2D eigenvalue weighted by atomic mass is 19.4. The van der Waals surface area contributed by atoms with Crippen LogP contribution >= 0.6 is 0 Å². The Kier molecular flexibility index (Phi) is 4.31. The minimum Gasteiger partial charge on any atom is -0.508 e. The van der Waals surface area contributed by atoms with Crippen molar-refractivity contribution in [2.75, 3.05) is 32.7 Å². The topological polar surface area (TPSA) is 35.5 Å². The summed E-state index contributed by atoms with van der Waals surface area (Å²) in [4.78, 5) is 2.18. The molecule has 0 saturated carbocycles. The standard InChI is InChI=1S/C13H17F3N2O/c14-13(15,16)11-1-2-12(19)10(9-11)3-6-18-7-4-17-5-8-18/h1-2,9,17,19H,3-8H2. The summed E-state index contributed by atoms with van der Waals surface area (Å²) in [5.74, 6) is -0.0665. The normalized spacial score (nSPS) is 17.6. The number of phenols is 1. The lowest BCUT2D eigenvalue weighted by molar-refractivity contribution is -0.137. The number of halogens is 3. The van der Waals surface area contributed by atoms with Crippen molar-refractivity contribution in [3.05, 3.63) is 29.3 Å². The van der Waals surface area contributed by atoms with E-state index in [0.29, 0.717) is 18.5 Å². The molecule has 106 valence electrons. The van der Waals surface area contributed by atoms with E-state index in [2.05, 4.69) is 10.2 Å². The van der Waals surface area contributed by atoms with Crippen LogP contribution in [0.1, 0.15) is 11.1 Å². The van der Waals surface area contributed by atoms with Gasteiger partial charge in [-0.3, -0.25) is 0 Å². The molecule has 0 spiro atoms. The number of hydrogen-bond donors (Lipinski definition) is 2. The minimum atomic E-state index is -4.36. The minimum absolute atomic E-state index is 0.0665. The van der Waals surface area contributed by atoms with Crippen LogP contribution in [0.4, 0.5) is 13.2 Å². The summed E-state index contributed by atoms with van der Waals surface area (Å²) in [7, 11) is 0. The van der Waals surface area contributed by atoms with E-state index in [-0.39, 0.29) is 5.75 Å². The molecule has 3 nitrogen and oxygen atoms in total. The van der Waals surface area contributed by atoms with E-state index in [9.17, 15) is 18.3 Å². The number of piperazine rings is 1. The van der Waals surface area contributed by atoms with Gasteiger partial charge < -0.3 is 15.3 Å². The van der Waals surface area contributed by atoms with Gasteiger partial charge in [-0.1, -0.05) is 0 Å². The Morgan fingerprint density at radius 3 is 2.53 bits per heavy atom. The molecule has 0 bridgehead atoms. The van der Waals surface area contributed by atoms with Crippen LogP contribution in [0, 0.1) is 0 Å². The lowest BCUT2D eigenvalue weighted by Gasteiger charge is -2.27. The summed E-state index contributed by atoms with van der Waals surface area (Å²) in [5.41, 5.74) is -0.353. The van der Waals surface area contributed by atoms with Crippen LogP contribution in [0.15, 0.2) is 18.2 Å². The van der Waals surface area contributed by atoms with Crippen molar-refractivity contribution in [1.29, 1.82) is 0 Å². The summed E-state index contributed by atoms with van der Waals surface area (Å²) in [6.45, 7) is 4.24. The molecule has 1 aliphatic heterocycles. The lowest BCUT2D eigenvalue weighted by atomic mass is 10.1. The Labute approximate surface area is 110 Å². The van der Waals surface area contributed by atoms with Crippen LogP contribution in [0.5, 0.6) is 5.75 Å². The number of hydrogen-bond acceptors (Lipinski definition) is 3.